The quantitative estimate of drug-likeness (QED) is 0.348. The van der Waals surface area contributed by atoms with Gasteiger partial charge in [-0.25, -0.2) is 0 Å². The van der Waals surface area contributed by atoms with E-state index < -0.39 is 18.1 Å². The van der Waals surface area contributed by atoms with Crippen LogP contribution >= 0.6 is 0 Å². The second kappa shape index (κ2) is 18.7. The molecule has 0 spiro atoms. The van der Waals surface area contributed by atoms with Gasteiger partial charge in [0.05, 0.1) is 12.1 Å². The Balaban J connectivity index is 0.000000387. The maximum atomic E-state index is 13.4. The number of likely N-dealkylation sites (tertiary alicyclic amines) is 1. The first-order valence-electron chi connectivity index (χ1n) is 15.9. The van der Waals surface area contributed by atoms with E-state index in [1.165, 1.54) is 25.7 Å². The number of aryl methyl sites for hydroxylation is 2. The number of aldehydes is 1. The predicted octanol–water partition coefficient (Wildman–Crippen LogP) is 3.00. The first-order valence-corrected chi connectivity index (χ1v) is 15.9. The summed E-state index contributed by atoms with van der Waals surface area (Å²) in [4.78, 5) is 51.2. The molecule has 4 rings (SSSR count). The number of hydrogen-bond acceptors (Lipinski definition) is 6. The molecule has 3 unspecified atom stereocenters. The lowest BCUT2D eigenvalue weighted by Gasteiger charge is -2.34. The molecule has 3 amide bonds. The Hall–Kier alpha value is -2.78. The summed E-state index contributed by atoms with van der Waals surface area (Å²) in [5, 5.41) is 11.5. The molecule has 42 heavy (non-hydrogen) atoms. The molecule has 0 aromatic heterocycles. The molecule has 1 aromatic rings. The third-order valence-electron chi connectivity index (χ3n) is 8.43. The van der Waals surface area contributed by atoms with Crippen molar-refractivity contribution in [2.24, 2.45) is 11.8 Å². The number of likely N-dealkylation sites (N-methyl/N-ethyl adjacent to an activating group) is 1. The van der Waals surface area contributed by atoms with Crippen LogP contribution in [0.25, 0.3) is 0 Å². The second-order valence-corrected chi connectivity index (χ2v) is 12.2. The number of carbonyl (C=O) groups excluding carboxylic acids is 4. The lowest BCUT2D eigenvalue weighted by molar-refractivity contribution is -0.141. The van der Waals surface area contributed by atoms with Gasteiger partial charge in [-0.05, 0) is 90.1 Å². The molecule has 9 heteroatoms. The first-order chi connectivity index (χ1) is 20.2. The summed E-state index contributed by atoms with van der Waals surface area (Å²) in [7, 11) is 5.45. The van der Waals surface area contributed by atoms with Crippen molar-refractivity contribution in [3.05, 3.63) is 35.4 Å². The van der Waals surface area contributed by atoms with Crippen LogP contribution in [0.15, 0.2) is 24.3 Å². The number of carbonyl (C=O) groups is 4. The van der Waals surface area contributed by atoms with Crippen LogP contribution < -0.4 is 21.3 Å². The summed E-state index contributed by atoms with van der Waals surface area (Å²) in [5.74, 6) is -0.614. The Labute approximate surface area is 253 Å². The minimum atomic E-state index is -0.638. The predicted molar refractivity (Wildman–Crippen MR) is 168 cm³/mol. The molecule has 4 atom stereocenters. The zero-order chi connectivity index (χ0) is 31.1. The summed E-state index contributed by atoms with van der Waals surface area (Å²) in [6.07, 6.45) is 11.5. The number of hydrogen-bond donors (Lipinski definition) is 4. The topological polar surface area (TPSA) is 120 Å². The Bertz CT molecular complexity index is 969. The van der Waals surface area contributed by atoms with Crippen molar-refractivity contribution in [3.8, 4) is 0 Å². The van der Waals surface area contributed by atoms with Crippen molar-refractivity contribution in [1.82, 2.24) is 26.2 Å². The van der Waals surface area contributed by atoms with Gasteiger partial charge in [0, 0.05) is 18.5 Å². The average molecular weight is 586 g/mol. The van der Waals surface area contributed by atoms with Crippen molar-refractivity contribution in [1.29, 1.82) is 0 Å². The molecule has 1 heterocycles. The first kappa shape index (κ1) is 35.4. The molecule has 2 aliphatic carbocycles. The van der Waals surface area contributed by atoms with E-state index in [9.17, 15) is 19.2 Å². The molecule has 4 N–H and O–H groups in total. The smallest absolute Gasteiger partial charge is 0.246 e. The van der Waals surface area contributed by atoms with Crippen molar-refractivity contribution in [2.45, 2.75) is 109 Å². The van der Waals surface area contributed by atoms with Crippen LogP contribution in [-0.2, 0) is 32.0 Å². The van der Waals surface area contributed by atoms with Crippen LogP contribution in [-0.4, -0.2) is 80.8 Å². The van der Waals surface area contributed by atoms with Crippen molar-refractivity contribution in [2.75, 3.05) is 27.7 Å². The number of rotatable bonds is 8. The van der Waals surface area contributed by atoms with Crippen LogP contribution in [0.3, 0.4) is 0 Å². The van der Waals surface area contributed by atoms with Gasteiger partial charge in [-0.15, -0.1) is 0 Å². The van der Waals surface area contributed by atoms with Gasteiger partial charge in [-0.1, -0.05) is 57.4 Å². The summed E-state index contributed by atoms with van der Waals surface area (Å²) in [6.45, 7) is 5.66. The van der Waals surface area contributed by atoms with Crippen molar-refractivity contribution in [3.63, 3.8) is 0 Å². The number of nitrogens with zero attached hydrogens (tertiary/aromatic N) is 1. The van der Waals surface area contributed by atoms with Crippen molar-refractivity contribution < 1.29 is 19.2 Å². The van der Waals surface area contributed by atoms with Gasteiger partial charge >= 0.3 is 0 Å². The third-order valence-corrected chi connectivity index (χ3v) is 8.43. The highest BCUT2D eigenvalue weighted by molar-refractivity contribution is 5.91. The summed E-state index contributed by atoms with van der Waals surface area (Å²) in [6, 6.07) is 6.93. The highest BCUT2D eigenvalue weighted by atomic mass is 16.2. The van der Waals surface area contributed by atoms with E-state index in [1.54, 1.807) is 30.0 Å². The molecule has 9 nitrogen and oxygen atoms in total. The molecule has 0 bridgehead atoms. The van der Waals surface area contributed by atoms with Gasteiger partial charge < -0.3 is 31.0 Å². The number of amides is 3. The zero-order valence-corrected chi connectivity index (χ0v) is 26.7. The largest absolute Gasteiger partial charge is 0.351 e. The number of benzene rings is 1. The molecular weight excluding hydrogens is 530 g/mol. The molecule has 3 aliphatic rings. The maximum absolute atomic E-state index is 13.4. The van der Waals surface area contributed by atoms with Gasteiger partial charge in [0.2, 0.25) is 17.7 Å². The molecule has 1 aromatic carbocycles. The second-order valence-electron chi connectivity index (χ2n) is 12.2. The van der Waals surface area contributed by atoms with Crippen LogP contribution in [0, 0.1) is 11.8 Å². The van der Waals surface area contributed by atoms with Gasteiger partial charge in [-0.3, -0.25) is 14.4 Å². The lowest BCUT2D eigenvalue weighted by Crippen LogP contribution is -2.57. The number of nitrogens with one attached hydrogen (secondary N) is 4. The SMILES string of the molecule is CNC.CN[C@@H](C)C(=O)NC(C(=O)N1CC(NC(=O)C(C)C)CC1C=O)C1CCCCC1.c1ccc2c(c1)CCCC2. The van der Waals surface area contributed by atoms with Gasteiger partial charge in [-0.2, -0.15) is 0 Å². The maximum Gasteiger partial charge on any atom is 0.246 e. The molecule has 1 saturated carbocycles. The van der Waals surface area contributed by atoms with Crippen LogP contribution in [0.1, 0.15) is 83.3 Å². The van der Waals surface area contributed by atoms with E-state index >= 15 is 0 Å². The molecular formula is C33H55N5O4. The minimum Gasteiger partial charge on any atom is -0.351 e. The minimum absolute atomic E-state index is 0.0702. The van der Waals surface area contributed by atoms with Gasteiger partial charge in [0.25, 0.3) is 0 Å². The van der Waals surface area contributed by atoms with Gasteiger partial charge in [0.15, 0.2) is 0 Å². The number of fused-ring (bicyclic) bond motifs is 1. The summed E-state index contributed by atoms with van der Waals surface area (Å²) >= 11 is 0. The Kier molecular flexibility index (Phi) is 15.8. The van der Waals surface area contributed by atoms with Crippen LogP contribution in [0.2, 0.25) is 0 Å². The molecule has 236 valence electrons. The Morgan fingerprint density at radius 1 is 0.881 bits per heavy atom. The zero-order valence-electron chi connectivity index (χ0n) is 26.7. The fourth-order valence-corrected chi connectivity index (χ4v) is 5.83. The van der Waals surface area contributed by atoms with Gasteiger partial charge in [0.1, 0.15) is 12.3 Å². The Morgan fingerprint density at radius 3 is 1.95 bits per heavy atom. The van der Waals surface area contributed by atoms with Crippen LogP contribution in [0.5, 0.6) is 0 Å². The van der Waals surface area contributed by atoms with E-state index in [4.69, 9.17) is 0 Å². The van der Waals surface area contributed by atoms with E-state index in [1.807, 2.05) is 27.9 Å². The van der Waals surface area contributed by atoms with Crippen molar-refractivity contribution >= 4 is 24.0 Å². The molecule has 2 fully saturated rings. The standard InChI is InChI=1S/C21H36N4O4.C10H12.C2H7N/c1-13(2)19(27)23-16-10-17(12-26)25(11-16)21(29)18(15-8-6-5-7-9-15)24-20(28)14(3)22-4;1-2-6-10-8-4-3-7-9(10)5-1;1-3-2/h12-18,22H,5-11H2,1-4H3,(H,23,27)(H,24,28);1-2,5-6H,3-4,7-8H2;3H,1-2H3/t14-,16?,17?,18?;;/m0../s1. The fourth-order valence-electron chi connectivity index (χ4n) is 5.83. The molecule has 1 saturated heterocycles. The van der Waals surface area contributed by atoms with E-state index in [0.29, 0.717) is 13.0 Å². The van der Waals surface area contributed by atoms with E-state index in [2.05, 4.69) is 45.5 Å². The monoisotopic (exact) mass is 585 g/mol. The van der Waals surface area contributed by atoms with Crippen LogP contribution in [0.4, 0.5) is 0 Å². The summed E-state index contributed by atoms with van der Waals surface area (Å²) in [5.41, 5.74) is 3.16. The normalized spacial score (nSPS) is 21.5. The van der Waals surface area contributed by atoms with E-state index in [-0.39, 0.29) is 35.6 Å². The fraction of sp³-hybridized carbons (Fsp3) is 0.697. The Morgan fingerprint density at radius 2 is 1.45 bits per heavy atom. The molecule has 0 radical (unpaired) electrons. The highest BCUT2D eigenvalue weighted by Gasteiger charge is 2.41. The summed E-state index contributed by atoms with van der Waals surface area (Å²) < 4.78 is 0. The molecule has 1 aliphatic heterocycles. The average Bonchev–Trinajstić information content (AvgIpc) is 3.42. The lowest BCUT2D eigenvalue weighted by atomic mass is 9.83. The third kappa shape index (κ3) is 10.8. The highest BCUT2D eigenvalue weighted by Crippen LogP contribution is 2.29. The van der Waals surface area contributed by atoms with E-state index in [0.717, 1.165) is 38.4 Å².